The average molecular weight is 287 g/mol. The second-order valence-electron chi connectivity index (χ2n) is 4.35. The normalized spacial score (nSPS) is 10.0. The summed E-state index contributed by atoms with van der Waals surface area (Å²) in [5.74, 6) is 1.06. The van der Waals surface area contributed by atoms with Crippen LogP contribution in [0.15, 0.2) is 36.4 Å². The van der Waals surface area contributed by atoms with Crippen LogP contribution in [0, 0.1) is 0 Å². The maximum atomic E-state index is 11.6. The number of aromatic nitrogens is 1. The Morgan fingerprint density at radius 2 is 1.76 bits per heavy atom. The number of carbonyl (C=O) groups is 1. The van der Waals surface area contributed by atoms with Crippen LogP contribution in [0.4, 0.5) is 11.5 Å². The molecule has 1 aromatic heterocycles. The van der Waals surface area contributed by atoms with E-state index in [0.717, 1.165) is 11.4 Å². The Labute approximate surface area is 123 Å². The van der Waals surface area contributed by atoms with Gasteiger partial charge >= 0.3 is 0 Å². The molecule has 6 nitrogen and oxygen atoms in total. The van der Waals surface area contributed by atoms with Gasteiger partial charge in [0.25, 0.3) is 5.91 Å². The molecule has 0 aliphatic carbocycles. The third-order valence-corrected chi connectivity index (χ3v) is 3.10. The Bertz CT molecular complexity index is 641. The van der Waals surface area contributed by atoms with Crippen molar-refractivity contribution in [1.29, 1.82) is 0 Å². The summed E-state index contributed by atoms with van der Waals surface area (Å²) in [6.07, 6.45) is 0. The molecule has 6 heteroatoms. The van der Waals surface area contributed by atoms with Crippen molar-refractivity contribution in [2.45, 2.75) is 0 Å². The molecular formula is C15H17N3O3. The number of methoxy groups -OCH3 is 2. The summed E-state index contributed by atoms with van der Waals surface area (Å²) in [5, 5.41) is 0. The standard InChI is InChI=1S/C15H17N3O3/c1-18(10-4-6-11(20-2)7-5-10)15-12(14(16)19)8-9-13(17-15)21-3/h4-9H,1-3H3,(H2,16,19). The number of nitrogens with zero attached hydrogens (tertiary/aromatic N) is 2. The Morgan fingerprint density at radius 3 is 2.29 bits per heavy atom. The molecule has 1 amide bonds. The number of rotatable bonds is 5. The van der Waals surface area contributed by atoms with Gasteiger partial charge in [-0.2, -0.15) is 4.98 Å². The van der Waals surface area contributed by atoms with Crippen LogP contribution in [0.3, 0.4) is 0 Å². The van der Waals surface area contributed by atoms with Gasteiger partial charge in [0.15, 0.2) is 0 Å². The minimum absolute atomic E-state index is 0.328. The largest absolute Gasteiger partial charge is 0.497 e. The van der Waals surface area contributed by atoms with E-state index in [2.05, 4.69) is 4.98 Å². The number of benzene rings is 1. The molecule has 1 aromatic carbocycles. The van der Waals surface area contributed by atoms with Crippen LogP contribution in [0.1, 0.15) is 10.4 Å². The van der Waals surface area contributed by atoms with E-state index in [9.17, 15) is 4.79 Å². The molecular weight excluding hydrogens is 270 g/mol. The second-order valence-corrected chi connectivity index (χ2v) is 4.35. The lowest BCUT2D eigenvalue weighted by Crippen LogP contribution is -2.20. The highest BCUT2D eigenvalue weighted by atomic mass is 16.5. The number of hydrogen-bond acceptors (Lipinski definition) is 5. The van der Waals surface area contributed by atoms with Crippen LogP contribution >= 0.6 is 0 Å². The number of amides is 1. The second kappa shape index (κ2) is 6.13. The molecule has 0 fully saturated rings. The van der Waals surface area contributed by atoms with Gasteiger partial charge in [-0.1, -0.05) is 0 Å². The van der Waals surface area contributed by atoms with Gasteiger partial charge < -0.3 is 20.1 Å². The zero-order valence-corrected chi connectivity index (χ0v) is 12.2. The van der Waals surface area contributed by atoms with E-state index < -0.39 is 5.91 Å². The molecule has 2 N–H and O–H groups in total. The first-order valence-electron chi connectivity index (χ1n) is 6.29. The number of carbonyl (C=O) groups excluding carboxylic acids is 1. The summed E-state index contributed by atoms with van der Waals surface area (Å²) in [6.45, 7) is 0. The molecule has 110 valence electrons. The van der Waals surface area contributed by atoms with Gasteiger partial charge in [0.1, 0.15) is 11.6 Å². The van der Waals surface area contributed by atoms with Crippen molar-refractivity contribution < 1.29 is 14.3 Å². The molecule has 0 aliphatic rings. The summed E-state index contributed by atoms with van der Waals surface area (Å²) in [7, 11) is 4.92. The molecule has 0 saturated carbocycles. The fourth-order valence-corrected chi connectivity index (χ4v) is 1.92. The van der Waals surface area contributed by atoms with Crippen molar-refractivity contribution >= 4 is 17.4 Å². The Morgan fingerprint density at radius 1 is 1.10 bits per heavy atom. The molecule has 0 radical (unpaired) electrons. The van der Waals surface area contributed by atoms with Crippen LogP contribution < -0.4 is 20.1 Å². The molecule has 0 bridgehead atoms. The minimum Gasteiger partial charge on any atom is -0.497 e. The Balaban J connectivity index is 2.44. The molecule has 2 rings (SSSR count). The van der Waals surface area contributed by atoms with Gasteiger partial charge in [-0.15, -0.1) is 0 Å². The smallest absolute Gasteiger partial charge is 0.252 e. The first-order valence-corrected chi connectivity index (χ1v) is 6.29. The summed E-state index contributed by atoms with van der Waals surface area (Å²) in [4.78, 5) is 17.6. The van der Waals surface area contributed by atoms with Crippen LogP contribution in [0.5, 0.6) is 11.6 Å². The van der Waals surface area contributed by atoms with E-state index in [1.54, 1.807) is 31.2 Å². The van der Waals surface area contributed by atoms with Crippen LogP contribution in [-0.4, -0.2) is 32.2 Å². The molecule has 21 heavy (non-hydrogen) atoms. The van der Waals surface area contributed by atoms with E-state index in [4.69, 9.17) is 15.2 Å². The van der Waals surface area contributed by atoms with Gasteiger partial charge in [-0.05, 0) is 30.3 Å². The number of pyridine rings is 1. The van der Waals surface area contributed by atoms with Gasteiger partial charge in [-0.3, -0.25) is 4.79 Å². The van der Waals surface area contributed by atoms with Gasteiger partial charge in [-0.25, -0.2) is 0 Å². The third-order valence-electron chi connectivity index (χ3n) is 3.10. The number of ether oxygens (including phenoxy) is 2. The number of nitrogens with two attached hydrogens (primary N) is 1. The quantitative estimate of drug-likeness (QED) is 0.909. The highest BCUT2D eigenvalue weighted by molar-refractivity contribution is 5.98. The summed E-state index contributed by atoms with van der Waals surface area (Å²) < 4.78 is 10.2. The van der Waals surface area contributed by atoms with Crippen LogP contribution in [0.2, 0.25) is 0 Å². The lowest BCUT2D eigenvalue weighted by atomic mass is 10.2. The molecule has 0 unspecified atom stereocenters. The minimum atomic E-state index is -0.541. The molecule has 0 saturated heterocycles. The van der Waals surface area contributed by atoms with E-state index in [0.29, 0.717) is 17.3 Å². The molecule has 0 spiro atoms. The predicted molar refractivity (Wildman–Crippen MR) is 80.4 cm³/mol. The number of primary amides is 1. The fraction of sp³-hybridized carbons (Fsp3) is 0.200. The van der Waals surface area contributed by atoms with Crippen LogP contribution in [-0.2, 0) is 0 Å². The van der Waals surface area contributed by atoms with E-state index in [1.807, 2.05) is 24.3 Å². The average Bonchev–Trinajstić information content (AvgIpc) is 2.53. The molecule has 0 atom stereocenters. The maximum Gasteiger partial charge on any atom is 0.252 e. The van der Waals surface area contributed by atoms with Crippen LogP contribution in [0.25, 0.3) is 0 Å². The monoisotopic (exact) mass is 287 g/mol. The lowest BCUT2D eigenvalue weighted by Gasteiger charge is -2.21. The SMILES string of the molecule is COc1ccc(N(C)c2nc(OC)ccc2C(N)=O)cc1. The Kier molecular flexibility index (Phi) is 4.27. The van der Waals surface area contributed by atoms with Crippen molar-refractivity contribution in [1.82, 2.24) is 4.98 Å². The highest BCUT2D eigenvalue weighted by Gasteiger charge is 2.16. The van der Waals surface area contributed by atoms with Crippen molar-refractivity contribution in [2.24, 2.45) is 5.73 Å². The first kappa shape index (κ1) is 14.6. The van der Waals surface area contributed by atoms with Crippen molar-refractivity contribution in [3.63, 3.8) is 0 Å². The Hall–Kier alpha value is -2.76. The highest BCUT2D eigenvalue weighted by Crippen LogP contribution is 2.28. The maximum absolute atomic E-state index is 11.6. The van der Waals surface area contributed by atoms with Crippen molar-refractivity contribution in [3.8, 4) is 11.6 Å². The zero-order valence-electron chi connectivity index (χ0n) is 12.2. The van der Waals surface area contributed by atoms with Gasteiger partial charge in [0, 0.05) is 18.8 Å². The zero-order chi connectivity index (χ0) is 15.4. The number of hydrogen-bond donors (Lipinski definition) is 1. The van der Waals surface area contributed by atoms with Crippen molar-refractivity contribution in [3.05, 3.63) is 42.0 Å². The summed E-state index contributed by atoms with van der Waals surface area (Å²) >= 11 is 0. The fourth-order valence-electron chi connectivity index (χ4n) is 1.92. The van der Waals surface area contributed by atoms with E-state index >= 15 is 0 Å². The topological polar surface area (TPSA) is 77.7 Å². The number of anilines is 2. The lowest BCUT2D eigenvalue weighted by molar-refractivity contribution is 0.100. The summed E-state index contributed by atoms with van der Waals surface area (Å²) in [5.41, 5.74) is 6.58. The third kappa shape index (κ3) is 3.05. The van der Waals surface area contributed by atoms with E-state index in [-0.39, 0.29) is 0 Å². The first-order chi connectivity index (χ1) is 10.1. The summed E-state index contributed by atoms with van der Waals surface area (Å²) in [6, 6.07) is 10.6. The molecule has 0 aliphatic heterocycles. The van der Waals surface area contributed by atoms with Crippen molar-refractivity contribution in [2.75, 3.05) is 26.2 Å². The molecule has 1 heterocycles. The van der Waals surface area contributed by atoms with Gasteiger partial charge in [0.05, 0.1) is 19.8 Å². The predicted octanol–water partition coefficient (Wildman–Crippen LogP) is 1.97. The van der Waals surface area contributed by atoms with E-state index in [1.165, 1.54) is 7.11 Å². The van der Waals surface area contributed by atoms with Gasteiger partial charge in [0.2, 0.25) is 5.88 Å². The molecule has 2 aromatic rings.